The number of hydrogen-bond acceptors (Lipinski definition) is 7. The lowest BCUT2D eigenvalue weighted by molar-refractivity contribution is -0.116. The Hall–Kier alpha value is -2.07. The van der Waals surface area contributed by atoms with Crippen molar-refractivity contribution in [3.8, 4) is 0 Å². The summed E-state index contributed by atoms with van der Waals surface area (Å²) < 4.78 is 0. The summed E-state index contributed by atoms with van der Waals surface area (Å²) in [6.07, 6.45) is 5.40. The van der Waals surface area contributed by atoms with E-state index in [1.54, 1.807) is 6.20 Å². The predicted octanol–water partition coefficient (Wildman–Crippen LogP) is 0.594. The molecule has 3 rings (SSSR count). The molecule has 0 saturated carbocycles. The average Bonchev–Trinajstić information content (AvgIpc) is 3.21. The molecule has 0 radical (unpaired) electrons. The molecule has 1 aliphatic rings. The lowest BCUT2D eigenvalue weighted by Gasteiger charge is -2.14. The number of aromatic nitrogens is 3. The summed E-state index contributed by atoms with van der Waals surface area (Å²) in [6.45, 7) is 1.84. The van der Waals surface area contributed by atoms with Crippen molar-refractivity contribution in [1.82, 2.24) is 20.3 Å². The molecule has 1 amide bonds. The van der Waals surface area contributed by atoms with Crippen molar-refractivity contribution in [2.45, 2.75) is 63.3 Å². The van der Waals surface area contributed by atoms with Gasteiger partial charge in [-0.15, -0.1) is 0 Å². The van der Waals surface area contributed by atoms with E-state index >= 15 is 0 Å². The Morgan fingerprint density at radius 2 is 2.04 bits per heavy atom. The summed E-state index contributed by atoms with van der Waals surface area (Å²) in [6, 6.07) is -1.20. The number of H-pyrrole nitrogens is 1. The normalized spacial score (nSPS) is 25.2. The molecule has 0 aromatic carbocycles. The minimum absolute atomic E-state index is 0.1000. The van der Waals surface area contributed by atoms with Crippen LogP contribution < -0.4 is 10.6 Å². The number of carbonyl (C=O) groups excluding carboxylic acids is 1. The van der Waals surface area contributed by atoms with E-state index in [1.165, 1.54) is 6.33 Å². The smallest absolute Gasteiger partial charge is 0.225 e. The number of anilines is 1. The zero-order chi connectivity index (χ0) is 19.4. The molecule has 3 heterocycles. The maximum absolute atomic E-state index is 12.2. The van der Waals surface area contributed by atoms with Crippen LogP contribution in [0.1, 0.15) is 50.6 Å². The first-order chi connectivity index (χ1) is 13.1. The molecule has 0 unspecified atom stereocenters. The molecule has 2 aromatic rings. The van der Waals surface area contributed by atoms with Crippen molar-refractivity contribution in [3.05, 3.63) is 18.1 Å². The monoisotopic (exact) mass is 377 g/mol. The number of aromatic amines is 1. The molecule has 6 N–H and O–H groups in total. The van der Waals surface area contributed by atoms with Crippen LogP contribution in [0.3, 0.4) is 0 Å². The molecule has 2 aromatic heterocycles. The molecular formula is C18H27N5O4. The zero-order valence-electron chi connectivity index (χ0n) is 15.4. The maximum atomic E-state index is 12.2. The summed E-state index contributed by atoms with van der Waals surface area (Å²) in [5, 5.41) is 35.5. The number of nitrogens with zero attached hydrogens (tertiary/aromatic N) is 2. The van der Waals surface area contributed by atoms with Gasteiger partial charge >= 0.3 is 0 Å². The van der Waals surface area contributed by atoms with Crippen molar-refractivity contribution in [2.75, 3.05) is 11.9 Å². The van der Waals surface area contributed by atoms with Crippen LogP contribution in [0, 0.1) is 0 Å². The van der Waals surface area contributed by atoms with E-state index in [4.69, 9.17) is 0 Å². The van der Waals surface area contributed by atoms with Gasteiger partial charge in [-0.2, -0.15) is 0 Å². The highest BCUT2D eigenvalue weighted by Crippen LogP contribution is 2.33. The van der Waals surface area contributed by atoms with Gasteiger partial charge in [0.2, 0.25) is 5.91 Å². The van der Waals surface area contributed by atoms with E-state index in [-0.39, 0.29) is 12.5 Å². The molecule has 0 spiro atoms. The molecule has 0 bridgehead atoms. The summed E-state index contributed by atoms with van der Waals surface area (Å²) >= 11 is 0. The number of amides is 1. The number of carbonyl (C=O) groups is 1. The van der Waals surface area contributed by atoms with Crippen molar-refractivity contribution in [2.24, 2.45) is 0 Å². The molecule has 0 aliphatic carbocycles. The minimum Gasteiger partial charge on any atom is -0.395 e. The molecule has 1 saturated heterocycles. The number of hydrogen-bond donors (Lipinski definition) is 6. The number of nitrogens with one attached hydrogen (secondary N) is 3. The number of unbranched alkanes of at least 4 members (excludes halogenated alkanes) is 3. The second-order valence-electron chi connectivity index (χ2n) is 6.96. The zero-order valence-corrected chi connectivity index (χ0v) is 15.4. The third-order valence-corrected chi connectivity index (χ3v) is 5.04. The Kier molecular flexibility index (Phi) is 6.38. The van der Waals surface area contributed by atoms with Crippen LogP contribution in [0.5, 0.6) is 0 Å². The first-order valence-electron chi connectivity index (χ1n) is 9.41. The van der Waals surface area contributed by atoms with Gasteiger partial charge in [-0.1, -0.05) is 26.2 Å². The van der Waals surface area contributed by atoms with Crippen molar-refractivity contribution < 1.29 is 20.1 Å². The third kappa shape index (κ3) is 4.11. The fourth-order valence-corrected chi connectivity index (χ4v) is 3.50. The fourth-order valence-electron chi connectivity index (χ4n) is 3.50. The number of aliphatic hydroxyl groups excluding tert-OH is 3. The van der Waals surface area contributed by atoms with E-state index in [2.05, 4.69) is 32.5 Å². The Bertz CT molecular complexity index is 780. The SMILES string of the molecule is CCCCCCC(=O)Nc1ncnc2c([C@@H]3N[C@H](CO)[C@@H](O)[C@H]3O)c[nH]c12. The Labute approximate surface area is 157 Å². The van der Waals surface area contributed by atoms with Crippen LogP contribution in [0.25, 0.3) is 11.0 Å². The third-order valence-electron chi connectivity index (χ3n) is 5.04. The van der Waals surface area contributed by atoms with Crippen LogP contribution in [0.15, 0.2) is 12.5 Å². The van der Waals surface area contributed by atoms with Crippen LogP contribution in [0.2, 0.25) is 0 Å². The lowest BCUT2D eigenvalue weighted by Crippen LogP contribution is -2.35. The average molecular weight is 377 g/mol. The van der Waals surface area contributed by atoms with E-state index < -0.39 is 24.3 Å². The highest BCUT2D eigenvalue weighted by molar-refractivity contribution is 5.98. The molecule has 1 fully saturated rings. The molecule has 148 valence electrons. The van der Waals surface area contributed by atoms with Crippen molar-refractivity contribution in [1.29, 1.82) is 0 Å². The second-order valence-corrected chi connectivity index (χ2v) is 6.96. The minimum atomic E-state index is -1.08. The predicted molar refractivity (Wildman–Crippen MR) is 100 cm³/mol. The molecule has 27 heavy (non-hydrogen) atoms. The van der Waals surface area contributed by atoms with Crippen molar-refractivity contribution in [3.63, 3.8) is 0 Å². The number of aliphatic hydroxyl groups is 3. The van der Waals surface area contributed by atoms with Gasteiger partial charge in [0.05, 0.1) is 30.3 Å². The summed E-state index contributed by atoms with van der Waals surface area (Å²) in [5.41, 5.74) is 1.76. The molecule has 9 nitrogen and oxygen atoms in total. The van der Waals surface area contributed by atoms with Crippen LogP contribution >= 0.6 is 0 Å². The van der Waals surface area contributed by atoms with E-state index in [0.717, 1.165) is 25.7 Å². The van der Waals surface area contributed by atoms with E-state index in [9.17, 15) is 20.1 Å². The van der Waals surface area contributed by atoms with Crippen LogP contribution in [-0.4, -0.2) is 61.0 Å². The van der Waals surface area contributed by atoms with Crippen LogP contribution in [-0.2, 0) is 4.79 Å². The summed E-state index contributed by atoms with van der Waals surface area (Å²) in [4.78, 5) is 23.6. The van der Waals surface area contributed by atoms with Gasteiger partial charge in [-0.05, 0) is 6.42 Å². The van der Waals surface area contributed by atoms with Gasteiger partial charge in [0, 0.05) is 18.2 Å². The Morgan fingerprint density at radius 3 is 2.74 bits per heavy atom. The standard InChI is InChI=1S/C18H27N5O4/c1-2-3-4-5-6-12(25)23-18-15-13(20-9-21-18)10(7-19-15)14-17(27)16(26)11(8-24)22-14/h7,9,11,14,16-17,19,22,24,26-27H,2-6,8H2,1H3,(H,20,21,23,25)/t11-,14+,16-,17+/m1/s1. The highest BCUT2D eigenvalue weighted by atomic mass is 16.3. The molecule has 1 aliphatic heterocycles. The highest BCUT2D eigenvalue weighted by Gasteiger charge is 2.42. The summed E-state index contributed by atoms with van der Waals surface area (Å²) in [7, 11) is 0. The van der Waals surface area contributed by atoms with Crippen molar-refractivity contribution >= 4 is 22.8 Å². The fraction of sp³-hybridized carbons (Fsp3) is 0.611. The molecule has 4 atom stereocenters. The van der Waals surface area contributed by atoms with Gasteiger partial charge in [-0.3, -0.25) is 4.79 Å². The molecule has 9 heteroatoms. The van der Waals surface area contributed by atoms with Gasteiger partial charge in [-0.25, -0.2) is 9.97 Å². The number of fused-ring (bicyclic) bond motifs is 1. The topological polar surface area (TPSA) is 143 Å². The maximum Gasteiger partial charge on any atom is 0.225 e. The number of rotatable bonds is 8. The van der Waals surface area contributed by atoms with Gasteiger partial charge < -0.3 is 30.9 Å². The lowest BCUT2D eigenvalue weighted by atomic mass is 10.0. The first kappa shape index (κ1) is 19.7. The van der Waals surface area contributed by atoms with E-state index in [0.29, 0.717) is 28.8 Å². The van der Waals surface area contributed by atoms with Gasteiger partial charge in [0.1, 0.15) is 17.9 Å². The van der Waals surface area contributed by atoms with Gasteiger partial charge in [0.15, 0.2) is 5.82 Å². The van der Waals surface area contributed by atoms with Crippen LogP contribution in [0.4, 0.5) is 5.82 Å². The largest absolute Gasteiger partial charge is 0.395 e. The van der Waals surface area contributed by atoms with Gasteiger partial charge in [0.25, 0.3) is 0 Å². The quantitative estimate of drug-likeness (QED) is 0.370. The summed E-state index contributed by atoms with van der Waals surface area (Å²) in [5.74, 6) is 0.288. The van der Waals surface area contributed by atoms with E-state index in [1.807, 2.05) is 0 Å². The first-order valence-corrected chi connectivity index (χ1v) is 9.41. The molecular weight excluding hydrogens is 350 g/mol. The Balaban J connectivity index is 1.76. The Morgan fingerprint density at radius 1 is 1.22 bits per heavy atom. The second kappa shape index (κ2) is 8.75.